The molecule has 1 aliphatic heterocycles. The van der Waals surface area contributed by atoms with Crippen molar-refractivity contribution in [2.75, 3.05) is 13.1 Å². The molecule has 5 nitrogen and oxygen atoms in total. The first-order valence-corrected chi connectivity index (χ1v) is 7.10. The van der Waals surface area contributed by atoms with Crippen LogP contribution in [0, 0.1) is 0 Å². The maximum Gasteiger partial charge on any atom is 0.341 e. The van der Waals surface area contributed by atoms with Crippen molar-refractivity contribution in [2.24, 2.45) is 0 Å². The Bertz CT molecular complexity index is 620. The fourth-order valence-electron chi connectivity index (χ4n) is 2.10. The van der Waals surface area contributed by atoms with Crippen molar-refractivity contribution in [3.05, 3.63) is 41.5 Å². The molecule has 1 aromatic heterocycles. The summed E-state index contributed by atoms with van der Waals surface area (Å²) in [5.41, 5.74) is -0.587. The molecule has 0 aromatic carbocycles. The van der Waals surface area contributed by atoms with Crippen LogP contribution in [-0.4, -0.2) is 40.5 Å². The monoisotopic (exact) mass is 306 g/mol. The Morgan fingerprint density at radius 3 is 2.73 bits per heavy atom. The molecule has 0 atom stereocenters. The number of rotatable bonds is 2. The number of pyridine rings is 1. The second-order valence-corrected chi connectivity index (χ2v) is 6.07. The maximum absolute atomic E-state index is 13.3. The third-order valence-corrected chi connectivity index (χ3v) is 3.02. The van der Waals surface area contributed by atoms with Crippen LogP contribution in [0.4, 0.5) is 4.39 Å². The summed E-state index contributed by atoms with van der Waals surface area (Å²) in [6, 6.07) is 3.05. The number of aromatic nitrogens is 1. The number of esters is 1. The van der Waals surface area contributed by atoms with E-state index in [1.54, 1.807) is 26.8 Å². The van der Waals surface area contributed by atoms with Crippen molar-refractivity contribution in [3.63, 3.8) is 0 Å². The molecule has 1 aromatic rings. The molecule has 2 rings (SSSR count). The van der Waals surface area contributed by atoms with E-state index in [-0.39, 0.29) is 23.6 Å². The minimum atomic E-state index is -0.673. The molecule has 0 unspecified atom stereocenters. The Kier molecular flexibility index (Phi) is 4.59. The second-order valence-electron chi connectivity index (χ2n) is 6.07. The Morgan fingerprint density at radius 1 is 1.36 bits per heavy atom. The quantitative estimate of drug-likeness (QED) is 0.788. The Labute approximate surface area is 128 Å². The highest BCUT2D eigenvalue weighted by Crippen LogP contribution is 2.18. The number of carbonyl (C=O) groups is 2. The summed E-state index contributed by atoms with van der Waals surface area (Å²) >= 11 is 0. The van der Waals surface area contributed by atoms with Crippen LogP contribution in [0.25, 0.3) is 0 Å². The Hall–Kier alpha value is -2.24. The summed E-state index contributed by atoms with van der Waals surface area (Å²) in [7, 11) is 0. The third kappa shape index (κ3) is 3.90. The van der Waals surface area contributed by atoms with Crippen LogP contribution in [0.15, 0.2) is 30.2 Å². The van der Waals surface area contributed by atoms with Gasteiger partial charge in [0.25, 0.3) is 5.91 Å². The van der Waals surface area contributed by atoms with Crippen LogP contribution in [-0.2, 0) is 4.74 Å². The summed E-state index contributed by atoms with van der Waals surface area (Å²) in [6.07, 6.45) is 3.33. The van der Waals surface area contributed by atoms with Crippen molar-refractivity contribution in [2.45, 2.75) is 32.8 Å². The molecule has 0 saturated carbocycles. The third-order valence-electron chi connectivity index (χ3n) is 3.02. The minimum Gasteiger partial charge on any atom is -0.456 e. The van der Waals surface area contributed by atoms with Gasteiger partial charge in [0.15, 0.2) is 0 Å². The summed E-state index contributed by atoms with van der Waals surface area (Å²) in [6.45, 7) is 5.54. The molecular weight excluding hydrogens is 287 g/mol. The number of ether oxygens (including phenoxy) is 1. The highest BCUT2D eigenvalue weighted by Gasteiger charge is 2.27. The number of halogens is 1. The normalized spacial score (nSPS) is 15.3. The first kappa shape index (κ1) is 16.1. The van der Waals surface area contributed by atoms with E-state index in [9.17, 15) is 14.0 Å². The lowest BCUT2D eigenvalue weighted by molar-refractivity contribution is 0.00660. The van der Waals surface area contributed by atoms with E-state index in [1.807, 2.05) is 0 Å². The predicted octanol–water partition coefficient (Wildman–Crippen LogP) is 2.74. The van der Waals surface area contributed by atoms with Crippen LogP contribution >= 0.6 is 0 Å². The molecule has 0 spiro atoms. The number of hydrogen-bond donors (Lipinski definition) is 0. The molecule has 0 bridgehead atoms. The van der Waals surface area contributed by atoms with Gasteiger partial charge in [0.05, 0.1) is 12.1 Å². The molecule has 0 N–H and O–H groups in total. The summed E-state index contributed by atoms with van der Waals surface area (Å²) < 4.78 is 18.6. The average molecular weight is 306 g/mol. The summed E-state index contributed by atoms with van der Waals surface area (Å²) in [4.78, 5) is 30.0. The van der Waals surface area contributed by atoms with Crippen molar-refractivity contribution < 1.29 is 18.7 Å². The van der Waals surface area contributed by atoms with E-state index < -0.39 is 17.5 Å². The zero-order chi connectivity index (χ0) is 16.3. The molecule has 1 aliphatic rings. The van der Waals surface area contributed by atoms with Gasteiger partial charge in [-0.1, -0.05) is 0 Å². The van der Waals surface area contributed by atoms with Gasteiger partial charge in [-0.05, 0) is 45.4 Å². The molecule has 0 fully saturated rings. The smallest absolute Gasteiger partial charge is 0.341 e. The highest BCUT2D eigenvalue weighted by atomic mass is 19.1. The van der Waals surface area contributed by atoms with Crippen LogP contribution in [0.3, 0.4) is 0 Å². The van der Waals surface area contributed by atoms with Gasteiger partial charge in [0, 0.05) is 12.7 Å². The second kappa shape index (κ2) is 6.25. The molecule has 0 radical (unpaired) electrons. The first-order valence-electron chi connectivity index (χ1n) is 7.10. The number of carbonyl (C=O) groups excluding carboxylic acids is 2. The maximum atomic E-state index is 13.3. The van der Waals surface area contributed by atoms with E-state index in [4.69, 9.17) is 4.74 Å². The molecule has 0 aliphatic carbocycles. The molecule has 1 amide bonds. The predicted molar refractivity (Wildman–Crippen MR) is 79.1 cm³/mol. The van der Waals surface area contributed by atoms with Gasteiger partial charge >= 0.3 is 5.97 Å². The van der Waals surface area contributed by atoms with Crippen molar-refractivity contribution >= 4 is 11.9 Å². The van der Waals surface area contributed by atoms with Gasteiger partial charge in [-0.2, -0.15) is 0 Å². The summed E-state index contributed by atoms with van der Waals surface area (Å²) in [5.74, 6) is -1.43. The summed E-state index contributed by atoms with van der Waals surface area (Å²) in [5, 5.41) is 0. The van der Waals surface area contributed by atoms with Crippen molar-refractivity contribution in [1.29, 1.82) is 0 Å². The van der Waals surface area contributed by atoms with Gasteiger partial charge < -0.3 is 9.64 Å². The first-order chi connectivity index (χ1) is 10.3. The molecule has 22 heavy (non-hydrogen) atoms. The molecule has 2 heterocycles. The lowest BCUT2D eigenvalue weighted by Crippen LogP contribution is -2.37. The molecule has 0 saturated heterocycles. The van der Waals surface area contributed by atoms with E-state index in [0.29, 0.717) is 13.0 Å². The van der Waals surface area contributed by atoms with Crippen LogP contribution in [0.1, 0.15) is 48.0 Å². The number of amides is 1. The van der Waals surface area contributed by atoms with Gasteiger partial charge in [-0.15, -0.1) is 0 Å². The molecular formula is C16H19FN2O3. The van der Waals surface area contributed by atoms with E-state index in [2.05, 4.69) is 4.98 Å². The Balaban J connectivity index is 2.26. The molecule has 6 heteroatoms. The van der Waals surface area contributed by atoms with Gasteiger partial charge in [-0.25, -0.2) is 9.18 Å². The lowest BCUT2D eigenvalue weighted by Gasteiger charge is -2.25. The van der Waals surface area contributed by atoms with Crippen LogP contribution in [0.2, 0.25) is 0 Å². The van der Waals surface area contributed by atoms with Crippen LogP contribution in [0.5, 0.6) is 0 Å². The average Bonchev–Trinajstić information content (AvgIpc) is 2.44. The van der Waals surface area contributed by atoms with E-state index in [1.165, 1.54) is 23.2 Å². The zero-order valence-electron chi connectivity index (χ0n) is 12.9. The van der Waals surface area contributed by atoms with Gasteiger partial charge in [0.2, 0.25) is 0 Å². The van der Waals surface area contributed by atoms with E-state index >= 15 is 0 Å². The SMILES string of the molecule is CC(C)(C)OC(=O)c1cccnc1C(=O)N1CCC=C(F)C1. The standard InChI is InChI=1S/C16H19FN2O3/c1-16(2,3)22-15(21)12-7-4-8-18-13(12)14(20)19-9-5-6-11(17)10-19/h4,6-8H,5,9-10H2,1-3H3. The van der Waals surface area contributed by atoms with Crippen molar-refractivity contribution in [3.8, 4) is 0 Å². The Morgan fingerprint density at radius 2 is 2.09 bits per heavy atom. The number of hydrogen-bond acceptors (Lipinski definition) is 4. The fraction of sp³-hybridized carbons (Fsp3) is 0.438. The van der Waals surface area contributed by atoms with Gasteiger partial charge in [0.1, 0.15) is 17.1 Å². The van der Waals surface area contributed by atoms with Crippen molar-refractivity contribution in [1.82, 2.24) is 9.88 Å². The van der Waals surface area contributed by atoms with E-state index in [0.717, 1.165) is 0 Å². The number of nitrogens with zero attached hydrogens (tertiary/aromatic N) is 2. The zero-order valence-corrected chi connectivity index (χ0v) is 12.9. The molecule has 118 valence electrons. The largest absolute Gasteiger partial charge is 0.456 e. The van der Waals surface area contributed by atoms with Crippen LogP contribution < -0.4 is 0 Å². The minimum absolute atomic E-state index is 0.00792. The highest BCUT2D eigenvalue weighted by molar-refractivity contribution is 6.04. The topological polar surface area (TPSA) is 59.5 Å². The lowest BCUT2D eigenvalue weighted by atomic mass is 10.1. The fourth-order valence-corrected chi connectivity index (χ4v) is 2.10. The van der Waals surface area contributed by atoms with Gasteiger partial charge in [-0.3, -0.25) is 9.78 Å².